The first-order valence-electron chi connectivity index (χ1n) is 5.45. The van der Waals surface area contributed by atoms with Gasteiger partial charge in [0.1, 0.15) is 5.69 Å². The lowest BCUT2D eigenvalue weighted by Crippen LogP contribution is -2.29. The second kappa shape index (κ2) is 5.14. The summed E-state index contributed by atoms with van der Waals surface area (Å²) in [4.78, 5) is 10.2. The van der Waals surface area contributed by atoms with Crippen LogP contribution in [0.25, 0.3) is 0 Å². The summed E-state index contributed by atoms with van der Waals surface area (Å²) in [6, 6.07) is 3.61. The fourth-order valence-electron chi connectivity index (χ4n) is 1.35. The summed E-state index contributed by atoms with van der Waals surface area (Å²) in [6.45, 7) is 3.21. The zero-order chi connectivity index (χ0) is 14.8. The molecule has 0 aliphatic rings. The van der Waals surface area contributed by atoms with Gasteiger partial charge < -0.3 is 10.4 Å². The Hall–Kier alpha value is -1.67. The van der Waals surface area contributed by atoms with Gasteiger partial charge in [-0.05, 0) is 26.0 Å². The molecule has 0 unspecified atom stereocenters. The van der Waals surface area contributed by atoms with E-state index in [0.717, 1.165) is 12.3 Å². The fourth-order valence-corrected chi connectivity index (χ4v) is 2.00. The topological polar surface area (TPSA) is 110 Å². The molecule has 1 aromatic carbocycles. The van der Waals surface area contributed by atoms with Gasteiger partial charge in [-0.15, -0.1) is 0 Å². The van der Waals surface area contributed by atoms with Crippen LogP contribution in [0.15, 0.2) is 23.1 Å². The summed E-state index contributed by atoms with van der Waals surface area (Å²) < 4.78 is 22.7. The lowest BCUT2D eigenvalue weighted by Gasteiger charge is -2.18. The first-order valence-corrected chi connectivity index (χ1v) is 7.34. The number of nitro groups is 1. The first kappa shape index (κ1) is 15.4. The number of nitrogens with one attached hydrogen (secondary N) is 1. The molecule has 0 spiro atoms. The predicted molar refractivity (Wildman–Crippen MR) is 71.0 cm³/mol. The van der Waals surface area contributed by atoms with Gasteiger partial charge in [-0.25, -0.2) is 8.42 Å². The molecule has 0 aliphatic heterocycles. The minimum absolute atomic E-state index is 0.103. The molecule has 0 bridgehead atoms. The summed E-state index contributed by atoms with van der Waals surface area (Å²) >= 11 is 0. The van der Waals surface area contributed by atoms with Gasteiger partial charge in [0.2, 0.25) is 0 Å². The van der Waals surface area contributed by atoms with Crippen molar-refractivity contribution in [2.45, 2.75) is 24.3 Å². The molecule has 1 rings (SSSR count). The Bertz CT molecular complexity index is 590. The van der Waals surface area contributed by atoms with Gasteiger partial charge in [-0.3, -0.25) is 10.1 Å². The molecule has 2 N–H and O–H groups in total. The van der Waals surface area contributed by atoms with Crippen molar-refractivity contribution in [3.05, 3.63) is 28.3 Å². The third-order valence-corrected chi connectivity index (χ3v) is 3.42. The van der Waals surface area contributed by atoms with Gasteiger partial charge >= 0.3 is 0 Å². The molecule has 0 amide bonds. The number of sulfone groups is 1. The van der Waals surface area contributed by atoms with Crippen molar-refractivity contribution in [3.63, 3.8) is 0 Å². The molecule has 0 radical (unpaired) electrons. The van der Waals surface area contributed by atoms with Gasteiger partial charge in [0.15, 0.2) is 9.84 Å². The number of benzene rings is 1. The maximum Gasteiger partial charge on any atom is 0.293 e. The van der Waals surface area contributed by atoms with Crippen LogP contribution in [-0.2, 0) is 9.84 Å². The molecular weight excluding hydrogens is 272 g/mol. The SMILES string of the molecule is CC(C)(O)CNc1ccc(S(C)(=O)=O)cc1[N+](=O)[O-]. The number of anilines is 1. The summed E-state index contributed by atoms with van der Waals surface area (Å²) in [5, 5.41) is 23.2. The van der Waals surface area contributed by atoms with Crippen molar-refractivity contribution in [2.24, 2.45) is 0 Å². The fraction of sp³-hybridized carbons (Fsp3) is 0.455. The molecule has 0 aromatic heterocycles. The zero-order valence-electron chi connectivity index (χ0n) is 10.9. The van der Waals surface area contributed by atoms with Crippen LogP contribution in [0, 0.1) is 10.1 Å². The van der Waals surface area contributed by atoms with Crippen LogP contribution in [0.5, 0.6) is 0 Å². The van der Waals surface area contributed by atoms with Crippen LogP contribution in [0.4, 0.5) is 11.4 Å². The molecule has 0 aliphatic carbocycles. The van der Waals surface area contributed by atoms with E-state index in [1.807, 2.05) is 0 Å². The second-order valence-corrected chi connectivity index (χ2v) is 6.89. The van der Waals surface area contributed by atoms with E-state index in [1.165, 1.54) is 12.1 Å². The Balaban J connectivity index is 3.16. The van der Waals surface area contributed by atoms with E-state index in [0.29, 0.717) is 0 Å². The van der Waals surface area contributed by atoms with Crippen molar-refractivity contribution in [1.82, 2.24) is 0 Å². The Morgan fingerprint density at radius 3 is 2.42 bits per heavy atom. The lowest BCUT2D eigenvalue weighted by atomic mass is 10.1. The van der Waals surface area contributed by atoms with Gasteiger partial charge in [0, 0.05) is 18.9 Å². The van der Waals surface area contributed by atoms with E-state index in [1.54, 1.807) is 13.8 Å². The highest BCUT2D eigenvalue weighted by atomic mass is 32.2. The lowest BCUT2D eigenvalue weighted by molar-refractivity contribution is -0.384. The third kappa shape index (κ3) is 4.49. The highest BCUT2D eigenvalue weighted by Crippen LogP contribution is 2.27. The number of hydrogen-bond acceptors (Lipinski definition) is 6. The number of rotatable bonds is 5. The van der Waals surface area contributed by atoms with Crippen molar-refractivity contribution >= 4 is 21.2 Å². The van der Waals surface area contributed by atoms with Crippen molar-refractivity contribution in [3.8, 4) is 0 Å². The monoisotopic (exact) mass is 288 g/mol. The van der Waals surface area contributed by atoms with E-state index < -0.39 is 20.4 Å². The Morgan fingerprint density at radius 1 is 1.42 bits per heavy atom. The van der Waals surface area contributed by atoms with Crippen LogP contribution in [0.1, 0.15) is 13.8 Å². The molecular formula is C11H16N2O5S. The quantitative estimate of drug-likeness (QED) is 0.622. The molecule has 0 heterocycles. The van der Waals surface area contributed by atoms with Crippen molar-refractivity contribution in [1.29, 1.82) is 0 Å². The standard InChI is InChI=1S/C11H16N2O5S/c1-11(2,14)7-12-9-5-4-8(19(3,17)18)6-10(9)13(15)16/h4-6,12,14H,7H2,1-3H3. The van der Waals surface area contributed by atoms with E-state index in [-0.39, 0.29) is 22.8 Å². The molecule has 0 saturated heterocycles. The third-order valence-electron chi connectivity index (χ3n) is 2.31. The van der Waals surface area contributed by atoms with Crippen molar-refractivity contribution in [2.75, 3.05) is 18.1 Å². The molecule has 0 saturated carbocycles. The summed E-state index contributed by atoms with van der Waals surface area (Å²) in [6.07, 6.45) is 0.982. The maximum absolute atomic E-state index is 11.4. The molecule has 8 heteroatoms. The van der Waals surface area contributed by atoms with E-state index in [2.05, 4.69) is 5.32 Å². The minimum Gasteiger partial charge on any atom is -0.389 e. The molecule has 0 fully saturated rings. The highest BCUT2D eigenvalue weighted by molar-refractivity contribution is 7.90. The van der Waals surface area contributed by atoms with Crippen LogP contribution in [0.3, 0.4) is 0 Å². The summed E-state index contributed by atoms with van der Waals surface area (Å²) in [5.41, 5.74) is -1.21. The van der Waals surface area contributed by atoms with Gasteiger partial charge in [-0.2, -0.15) is 0 Å². The second-order valence-electron chi connectivity index (χ2n) is 4.87. The summed E-state index contributed by atoms with van der Waals surface area (Å²) in [5.74, 6) is 0. The number of nitro benzene ring substituents is 1. The zero-order valence-corrected chi connectivity index (χ0v) is 11.7. The van der Waals surface area contributed by atoms with E-state index in [4.69, 9.17) is 0 Å². The van der Waals surface area contributed by atoms with Crippen LogP contribution >= 0.6 is 0 Å². The highest BCUT2D eigenvalue weighted by Gasteiger charge is 2.20. The van der Waals surface area contributed by atoms with Gasteiger partial charge in [0.05, 0.1) is 15.4 Å². The number of aliphatic hydroxyl groups is 1. The Labute approximate surface area is 111 Å². The largest absolute Gasteiger partial charge is 0.389 e. The summed E-state index contributed by atoms with van der Waals surface area (Å²) in [7, 11) is -3.50. The van der Waals surface area contributed by atoms with Gasteiger partial charge in [0.25, 0.3) is 5.69 Å². The molecule has 106 valence electrons. The number of nitrogens with zero attached hydrogens (tertiary/aromatic N) is 1. The van der Waals surface area contributed by atoms with Crippen LogP contribution in [-0.4, -0.2) is 36.8 Å². The predicted octanol–water partition coefficient (Wildman–Crippen LogP) is 1.18. The molecule has 19 heavy (non-hydrogen) atoms. The molecule has 0 atom stereocenters. The van der Waals surface area contributed by atoms with Gasteiger partial charge in [-0.1, -0.05) is 0 Å². The van der Waals surface area contributed by atoms with E-state index in [9.17, 15) is 23.6 Å². The Morgan fingerprint density at radius 2 is 2.00 bits per heavy atom. The minimum atomic E-state index is -3.50. The normalized spacial score (nSPS) is 12.2. The number of hydrogen-bond donors (Lipinski definition) is 2. The Kier molecular flexibility index (Phi) is 4.16. The average molecular weight is 288 g/mol. The van der Waals surface area contributed by atoms with Crippen LogP contribution in [0.2, 0.25) is 0 Å². The smallest absolute Gasteiger partial charge is 0.293 e. The molecule has 1 aromatic rings. The van der Waals surface area contributed by atoms with E-state index >= 15 is 0 Å². The first-order chi connectivity index (χ1) is 8.50. The maximum atomic E-state index is 11.4. The van der Waals surface area contributed by atoms with Crippen LogP contribution < -0.4 is 5.32 Å². The average Bonchev–Trinajstić information content (AvgIpc) is 2.23. The molecule has 7 nitrogen and oxygen atoms in total. The van der Waals surface area contributed by atoms with Crippen molar-refractivity contribution < 1.29 is 18.4 Å².